The second-order valence-electron chi connectivity index (χ2n) is 2.94. The predicted molar refractivity (Wildman–Crippen MR) is 61.3 cm³/mol. The largest absolute Gasteiger partial charge is 0.389 e. The average molecular weight is 210 g/mol. The van der Waals surface area contributed by atoms with Crippen LogP contribution in [0.5, 0.6) is 0 Å². The summed E-state index contributed by atoms with van der Waals surface area (Å²) in [6.45, 7) is 3.00. The SMILES string of the molecule is CCCCNc1nnccc1C(N)=S. The van der Waals surface area contributed by atoms with E-state index < -0.39 is 0 Å². The van der Waals surface area contributed by atoms with Crippen molar-refractivity contribution >= 4 is 23.0 Å². The second kappa shape index (κ2) is 5.49. The van der Waals surface area contributed by atoms with Crippen LogP contribution in [0.2, 0.25) is 0 Å². The first-order valence-electron chi connectivity index (χ1n) is 4.61. The molecule has 0 saturated heterocycles. The molecule has 0 aliphatic rings. The van der Waals surface area contributed by atoms with Crippen molar-refractivity contribution in [2.45, 2.75) is 19.8 Å². The van der Waals surface area contributed by atoms with Crippen LogP contribution in [0.1, 0.15) is 25.3 Å². The lowest BCUT2D eigenvalue weighted by atomic mass is 10.2. The van der Waals surface area contributed by atoms with Crippen LogP contribution in [0.15, 0.2) is 12.3 Å². The van der Waals surface area contributed by atoms with Gasteiger partial charge in [-0.05, 0) is 12.5 Å². The number of nitrogens with two attached hydrogens (primary N) is 1. The first-order valence-corrected chi connectivity index (χ1v) is 5.02. The Bertz CT molecular complexity index is 313. The fraction of sp³-hybridized carbons (Fsp3) is 0.444. The Morgan fingerprint density at radius 2 is 2.43 bits per heavy atom. The van der Waals surface area contributed by atoms with Gasteiger partial charge in [-0.15, -0.1) is 5.10 Å². The molecule has 1 aromatic rings. The Balaban J connectivity index is 2.69. The molecule has 0 amide bonds. The van der Waals surface area contributed by atoms with E-state index in [2.05, 4.69) is 22.4 Å². The first-order chi connectivity index (χ1) is 6.75. The number of aromatic nitrogens is 2. The van der Waals surface area contributed by atoms with E-state index in [1.165, 1.54) is 0 Å². The zero-order valence-corrected chi connectivity index (χ0v) is 8.97. The molecular formula is C9H14N4S. The predicted octanol–water partition coefficient (Wildman–Crippen LogP) is 1.32. The van der Waals surface area contributed by atoms with Gasteiger partial charge in [-0.3, -0.25) is 0 Å². The lowest BCUT2D eigenvalue weighted by Gasteiger charge is -2.07. The molecule has 0 atom stereocenters. The van der Waals surface area contributed by atoms with Gasteiger partial charge in [0.05, 0.1) is 11.8 Å². The quantitative estimate of drug-likeness (QED) is 0.567. The van der Waals surface area contributed by atoms with Gasteiger partial charge in [0.25, 0.3) is 0 Å². The van der Waals surface area contributed by atoms with Crippen molar-refractivity contribution in [2.75, 3.05) is 11.9 Å². The van der Waals surface area contributed by atoms with Crippen LogP contribution in [0.25, 0.3) is 0 Å². The third-order valence-corrected chi connectivity index (χ3v) is 2.03. The summed E-state index contributed by atoms with van der Waals surface area (Å²) in [6.07, 6.45) is 3.81. The molecule has 0 aromatic carbocycles. The van der Waals surface area contributed by atoms with Crippen LogP contribution < -0.4 is 11.1 Å². The van der Waals surface area contributed by atoms with Crippen molar-refractivity contribution in [3.8, 4) is 0 Å². The number of thiocarbonyl (C=S) groups is 1. The normalized spacial score (nSPS) is 9.79. The van der Waals surface area contributed by atoms with Gasteiger partial charge < -0.3 is 11.1 Å². The number of hydrogen-bond donors (Lipinski definition) is 2. The number of nitrogens with zero attached hydrogens (tertiary/aromatic N) is 2. The monoisotopic (exact) mass is 210 g/mol. The molecule has 0 spiro atoms. The van der Waals surface area contributed by atoms with E-state index in [0.29, 0.717) is 10.8 Å². The molecule has 5 heteroatoms. The molecule has 0 bridgehead atoms. The van der Waals surface area contributed by atoms with Gasteiger partial charge in [0.1, 0.15) is 4.99 Å². The van der Waals surface area contributed by atoms with Gasteiger partial charge in [0.2, 0.25) is 0 Å². The summed E-state index contributed by atoms with van der Waals surface area (Å²) in [7, 11) is 0. The van der Waals surface area contributed by atoms with Gasteiger partial charge in [-0.1, -0.05) is 25.6 Å². The van der Waals surface area contributed by atoms with E-state index in [4.69, 9.17) is 18.0 Å². The molecule has 1 rings (SSSR count). The summed E-state index contributed by atoms with van der Waals surface area (Å²) < 4.78 is 0. The Morgan fingerprint density at radius 1 is 1.64 bits per heavy atom. The molecule has 0 fully saturated rings. The van der Waals surface area contributed by atoms with Crippen molar-refractivity contribution in [1.82, 2.24) is 10.2 Å². The van der Waals surface area contributed by atoms with Crippen LogP contribution in [-0.2, 0) is 0 Å². The number of rotatable bonds is 5. The zero-order chi connectivity index (χ0) is 10.4. The van der Waals surface area contributed by atoms with Crippen LogP contribution in [0.4, 0.5) is 5.82 Å². The summed E-state index contributed by atoms with van der Waals surface area (Å²) in [5, 5.41) is 10.9. The molecule has 1 heterocycles. The maximum Gasteiger partial charge on any atom is 0.158 e. The highest BCUT2D eigenvalue weighted by Crippen LogP contribution is 2.09. The highest BCUT2D eigenvalue weighted by molar-refractivity contribution is 7.80. The molecule has 4 nitrogen and oxygen atoms in total. The van der Waals surface area contributed by atoms with Crippen LogP contribution in [0, 0.1) is 0 Å². The van der Waals surface area contributed by atoms with Gasteiger partial charge in [0.15, 0.2) is 5.82 Å². The van der Waals surface area contributed by atoms with Gasteiger partial charge >= 0.3 is 0 Å². The van der Waals surface area contributed by atoms with E-state index >= 15 is 0 Å². The Hall–Kier alpha value is -1.23. The van der Waals surface area contributed by atoms with Crippen molar-refractivity contribution in [3.05, 3.63) is 17.8 Å². The minimum Gasteiger partial charge on any atom is -0.389 e. The third-order valence-electron chi connectivity index (χ3n) is 1.81. The minimum absolute atomic E-state index is 0.346. The summed E-state index contributed by atoms with van der Waals surface area (Å²) in [4.78, 5) is 0.346. The Labute approximate surface area is 88.9 Å². The molecule has 76 valence electrons. The minimum atomic E-state index is 0.346. The zero-order valence-electron chi connectivity index (χ0n) is 8.16. The van der Waals surface area contributed by atoms with E-state index in [1.54, 1.807) is 12.3 Å². The number of nitrogens with one attached hydrogen (secondary N) is 1. The molecule has 1 aromatic heterocycles. The van der Waals surface area contributed by atoms with E-state index in [9.17, 15) is 0 Å². The van der Waals surface area contributed by atoms with E-state index in [1.807, 2.05) is 0 Å². The van der Waals surface area contributed by atoms with Crippen molar-refractivity contribution in [2.24, 2.45) is 5.73 Å². The second-order valence-corrected chi connectivity index (χ2v) is 3.38. The van der Waals surface area contributed by atoms with E-state index in [0.717, 1.165) is 24.9 Å². The maximum absolute atomic E-state index is 5.54. The molecule has 3 N–H and O–H groups in total. The number of unbranched alkanes of at least 4 members (excludes halogenated alkanes) is 1. The average Bonchev–Trinajstić information content (AvgIpc) is 2.19. The highest BCUT2D eigenvalue weighted by Gasteiger charge is 2.04. The summed E-state index contributed by atoms with van der Waals surface area (Å²) in [5.74, 6) is 0.674. The topological polar surface area (TPSA) is 63.8 Å². The first kappa shape index (κ1) is 10.8. The molecule has 14 heavy (non-hydrogen) atoms. The van der Waals surface area contributed by atoms with Crippen LogP contribution in [-0.4, -0.2) is 21.7 Å². The maximum atomic E-state index is 5.54. The Morgan fingerprint density at radius 3 is 3.07 bits per heavy atom. The third kappa shape index (κ3) is 2.92. The summed E-state index contributed by atoms with van der Waals surface area (Å²) >= 11 is 4.90. The van der Waals surface area contributed by atoms with Crippen molar-refractivity contribution < 1.29 is 0 Å². The molecule has 0 aliphatic carbocycles. The summed E-state index contributed by atoms with van der Waals surface area (Å²) in [5.41, 5.74) is 6.30. The Kier molecular flexibility index (Phi) is 4.25. The molecular weight excluding hydrogens is 196 g/mol. The van der Waals surface area contributed by atoms with E-state index in [-0.39, 0.29) is 0 Å². The number of hydrogen-bond acceptors (Lipinski definition) is 4. The molecule has 0 aliphatic heterocycles. The van der Waals surface area contributed by atoms with Crippen LogP contribution in [0.3, 0.4) is 0 Å². The highest BCUT2D eigenvalue weighted by atomic mass is 32.1. The van der Waals surface area contributed by atoms with Crippen LogP contribution >= 0.6 is 12.2 Å². The molecule has 0 unspecified atom stereocenters. The van der Waals surface area contributed by atoms with Crippen molar-refractivity contribution in [3.63, 3.8) is 0 Å². The molecule has 0 radical (unpaired) electrons. The number of anilines is 1. The fourth-order valence-electron chi connectivity index (χ4n) is 1.04. The standard InChI is InChI=1S/C9H14N4S/c1-2-3-5-11-9-7(8(10)14)4-6-12-13-9/h4,6H,2-3,5H2,1H3,(H2,10,14)(H,11,13). The smallest absolute Gasteiger partial charge is 0.158 e. The van der Waals surface area contributed by atoms with Gasteiger partial charge in [-0.2, -0.15) is 5.10 Å². The fourth-order valence-corrected chi connectivity index (χ4v) is 1.21. The van der Waals surface area contributed by atoms with Crippen molar-refractivity contribution in [1.29, 1.82) is 0 Å². The van der Waals surface area contributed by atoms with Gasteiger partial charge in [-0.25, -0.2) is 0 Å². The van der Waals surface area contributed by atoms with Gasteiger partial charge in [0, 0.05) is 6.54 Å². The lowest BCUT2D eigenvalue weighted by Crippen LogP contribution is -2.15. The lowest BCUT2D eigenvalue weighted by molar-refractivity contribution is 0.826. The molecule has 0 saturated carbocycles. The summed E-state index contributed by atoms with van der Waals surface area (Å²) in [6, 6.07) is 1.77.